The number of ketones is 1. The average Bonchev–Trinajstić information content (AvgIpc) is 2.86. The van der Waals surface area contributed by atoms with Gasteiger partial charge in [0.2, 0.25) is 0 Å². The third kappa shape index (κ3) is 3.42. The molecule has 0 fully saturated rings. The van der Waals surface area contributed by atoms with E-state index in [9.17, 15) is 27.9 Å². The number of carbonyl (C=O) groups is 2. The Labute approximate surface area is 157 Å². The zero-order chi connectivity index (χ0) is 19.9. The Morgan fingerprint density at radius 3 is 2.33 bits per heavy atom. The molecule has 0 saturated heterocycles. The van der Waals surface area contributed by atoms with E-state index in [1.165, 1.54) is 25.1 Å². The van der Waals surface area contributed by atoms with Gasteiger partial charge in [-0.2, -0.15) is 13.2 Å². The van der Waals surface area contributed by atoms with E-state index < -0.39 is 35.2 Å². The number of anilines is 1. The Morgan fingerprint density at radius 1 is 1.15 bits per heavy atom. The van der Waals surface area contributed by atoms with E-state index >= 15 is 0 Å². The molecule has 1 heterocycles. The first-order chi connectivity index (χ1) is 12.6. The van der Waals surface area contributed by atoms with E-state index in [-0.39, 0.29) is 11.3 Å². The summed E-state index contributed by atoms with van der Waals surface area (Å²) in [7, 11) is 0. The van der Waals surface area contributed by atoms with Gasteiger partial charge in [0, 0.05) is 10.7 Å². The summed E-state index contributed by atoms with van der Waals surface area (Å²) in [6.07, 6.45) is -4.60. The molecule has 140 valence electrons. The molecular weight excluding hydrogens is 383 g/mol. The van der Waals surface area contributed by atoms with E-state index in [1.807, 2.05) is 0 Å². The lowest BCUT2D eigenvalue weighted by Crippen LogP contribution is -2.31. The molecule has 2 aromatic carbocycles. The number of benzene rings is 2. The van der Waals surface area contributed by atoms with Gasteiger partial charge < -0.3 is 5.11 Å². The Morgan fingerprint density at radius 2 is 1.78 bits per heavy atom. The number of hydrogen-bond donors (Lipinski definition) is 1. The summed E-state index contributed by atoms with van der Waals surface area (Å²) in [6, 6.07) is 9.23. The van der Waals surface area contributed by atoms with Gasteiger partial charge in [-0.1, -0.05) is 29.8 Å². The summed E-state index contributed by atoms with van der Waals surface area (Å²) in [5.74, 6) is -2.28. The highest BCUT2D eigenvalue weighted by Gasteiger charge is 2.43. The third-order valence-electron chi connectivity index (χ3n) is 4.22. The summed E-state index contributed by atoms with van der Waals surface area (Å²) in [5, 5.41) is 10.6. The molecule has 0 aliphatic carbocycles. The molecule has 0 spiro atoms. The highest BCUT2D eigenvalue weighted by molar-refractivity contribution is 6.30. The lowest BCUT2D eigenvalue weighted by Gasteiger charge is -2.27. The van der Waals surface area contributed by atoms with Crippen LogP contribution in [0.5, 0.6) is 0 Å². The largest absolute Gasteiger partial charge is 0.503 e. The van der Waals surface area contributed by atoms with Crippen LogP contribution in [0.3, 0.4) is 0 Å². The number of hydrogen-bond acceptors (Lipinski definition) is 3. The number of aliphatic hydroxyl groups is 1. The maximum atomic E-state index is 13.1. The minimum absolute atomic E-state index is 0.0856. The van der Waals surface area contributed by atoms with E-state index in [0.717, 1.165) is 23.1 Å². The van der Waals surface area contributed by atoms with E-state index in [4.69, 9.17) is 11.6 Å². The molecular formula is C19H13ClF3NO3. The molecule has 0 radical (unpaired) electrons. The van der Waals surface area contributed by atoms with Crippen molar-refractivity contribution in [3.63, 3.8) is 0 Å². The van der Waals surface area contributed by atoms with Crippen LogP contribution in [0.4, 0.5) is 18.9 Å². The Hall–Kier alpha value is -2.80. The quantitative estimate of drug-likeness (QED) is 0.808. The molecule has 1 atom stereocenters. The first kappa shape index (κ1) is 19.0. The van der Waals surface area contributed by atoms with Crippen LogP contribution in [0.2, 0.25) is 5.02 Å². The van der Waals surface area contributed by atoms with Crippen molar-refractivity contribution in [2.75, 3.05) is 4.90 Å². The summed E-state index contributed by atoms with van der Waals surface area (Å²) in [6.45, 7) is 1.18. The maximum absolute atomic E-state index is 13.1. The third-order valence-corrected chi connectivity index (χ3v) is 4.48. The Balaban J connectivity index is 2.17. The molecule has 1 N–H and O–H groups in total. The van der Waals surface area contributed by atoms with E-state index in [1.54, 1.807) is 12.1 Å². The van der Waals surface area contributed by atoms with E-state index in [0.29, 0.717) is 10.6 Å². The Kier molecular flexibility index (Phi) is 4.73. The van der Waals surface area contributed by atoms with Crippen molar-refractivity contribution in [1.29, 1.82) is 0 Å². The first-order valence-corrected chi connectivity index (χ1v) is 8.19. The number of nitrogens with zero attached hydrogens (tertiary/aromatic N) is 1. The summed E-state index contributed by atoms with van der Waals surface area (Å²) in [4.78, 5) is 25.6. The second kappa shape index (κ2) is 6.74. The fourth-order valence-corrected chi connectivity index (χ4v) is 3.15. The second-order valence-electron chi connectivity index (χ2n) is 6.00. The van der Waals surface area contributed by atoms with Gasteiger partial charge in [-0.25, -0.2) is 0 Å². The molecule has 3 rings (SSSR count). The van der Waals surface area contributed by atoms with Crippen LogP contribution in [0, 0.1) is 0 Å². The van der Waals surface area contributed by atoms with Gasteiger partial charge in [-0.05, 0) is 42.8 Å². The standard InChI is InChI=1S/C19H13ClF3NO3/c1-10(25)15-16(11-5-7-13(20)8-6-11)24(18(27)17(15)26)14-4-2-3-12(9-14)19(21,22)23/h2-9,16,26H,1H3/t16-/m0/s1. The lowest BCUT2D eigenvalue weighted by molar-refractivity contribution is -0.137. The van der Waals surface area contributed by atoms with Gasteiger partial charge in [0.25, 0.3) is 5.91 Å². The molecule has 0 saturated carbocycles. The van der Waals surface area contributed by atoms with Crippen molar-refractivity contribution in [3.8, 4) is 0 Å². The number of rotatable bonds is 3. The molecule has 1 aliphatic rings. The van der Waals surface area contributed by atoms with Crippen molar-refractivity contribution in [3.05, 3.63) is 76.0 Å². The first-order valence-electron chi connectivity index (χ1n) is 7.81. The topological polar surface area (TPSA) is 57.6 Å². The minimum atomic E-state index is -4.60. The highest BCUT2D eigenvalue weighted by Crippen LogP contribution is 2.42. The molecule has 1 aliphatic heterocycles. The van der Waals surface area contributed by atoms with Gasteiger partial charge in [0.05, 0.1) is 17.2 Å². The van der Waals surface area contributed by atoms with Crippen LogP contribution >= 0.6 is 11.6 Å². The molecule has 0 bridgehead atoms. The van der Waals surface area contributed by atoms with Crippen molar-refractivity contribution in [1.82, 2.24) is 0 Å². The zero-order valence-corrected chi connectivity index (χ0v) is 14.7. The summed E-state index contributed by atoms with van der Waals surface area (Å²) >= 11 is 5.87. The van der Waals surface area contributed by atoms with Crippen LogP contribution in [-0.4, -0.2) is 16.8 Å². The molecule has 8 heteroatoms. The van der Waals surface area contributed by atoms with Crippen LogP contribution in [0.15, 0.2) is 59.9 Å². The lowest BCUT2D eigenvalue weighted by atomic mass is 9.96. The van der Waals surface area contributed by atoms with E-state index in [2.05, 4.69) is 0 Å². The van der Waals surface area contributed by atoms with Crippen molar-refractivity contribution in [2.45, 2.75) is 19.1 Å². The number of alkyl halides is 3. The molecule has 27 heavy (non-hydrogen) atoms. The molecule has 4 nitrogen and oxygen atoms in total. The molecule has 0 unspecified atom stereocenters. The van der Waals surface area contributed by atoms with Gasteiger partial charge in [0.15, 0.2) is 11.5 Å². The van der Waals surface area contributed by atoms with Gasteiger partial charge in [-0.15, -0.1) is 0 Å². The fraction of sp³-hybridized carbons (Fsp3) is 0.158. The molecule has 2 aromatic rings. The van der Waals surface area contributed by atoms with Crippen LogP contribution in [0.25, 0.3) is 0 Å². The number of aliphatic hydroxyl groups excluding tert-OH is 1. The van der Waals surface area contributed by atoms with Crippen molar-refractivity contribution < 1.29 is 27.9 Å². The molecule has 1 amide bonds. The van der Waals surface area contributed by atoms with Gasteiger partial charge in [0.1, 0.15) is 0 Å². The summed E-state index contributed by atoms with van der Waals surface area (Å²) in [5.41, 5.74) is -0.782. The zero-order valence-electron chi connectivity index (χ0n) is 13.9. The fourth-order valence-electron chi connectivity index (χ4n) is 3.02. The number of Topliss-reactive ketones (excluding diaryl/α,β-unsaturated/α-hetero) is 1. The van der Waals surface area contributed by atoms with Gasteiger partial charge in [-0.3, -0.25) is 14.5 Å². The van der Waals surface area contributed by atoms with Crippen molar-refractivity contribution in [2.24, 2.45) is 0 Å². The monoisotopic (exact) mass is 395 g/mol. The smallest absolute Gasteiger partial charge is 0.416 e. The van der Waals surface area contributed by atoms with Crippen LogP contribution < -0.4 is 4.90 Å². The Bertz CT molecular complexity index is 951. The second-order valence-corrected chi connectivity index (χ2v) is 6.43. The minimum Gasteiger partial charge on any atom is -0.503 e. The van der Waals surface area contributed by atoms with Crippen molar-refractivity contribution >= 4 is 29.0 Å². The number of halogens is 4. The predicted molar refractivity (Wildman–Crippen MR) is 93.5 cm³/mol. The van der Waals surface area contributed by atoms with Crippen LogP contribution in [-0.2, 0) is 15.8 Å². The SMILES string of the molecule is CC(=O)C1=C(O)C(=O)N(c2cccc(C(F)(F)F)c2)[C@H]1c1ccc(Cl)cc1. The highest BCUT2D eigenvalue weighted by atomic mass is 35.5. The average molecular weight is 396 g/mol. The van der Waals surface area contributed by atoms with Crippen LogP contribution in [0.1, 0.15) is 24.1 Å². The molecule has 0 aromatic heterocycles. The maximum Gasteiger partial charge on any atom is 0.416 e. The normalized spacial score (nSPS) is 17.6. The summed E-state index contributed by atoms with van der Waals surface area (Å²) < 4.78 is 39.2. The number of amides is 1. The predicted octanol–water partition coefficient (Wildman–Crippen LogP) is 4.85. The number of carbonyl (C=O) groups excluding carboxylic acids is 2. The van der Waals surface area contributed by atoms with Gasteiger partial charge >= 0.3 is 6.18 Å².